The molecule has 0 bridgehead atoms. The van der Waals surface area contributed by atoms with Crippen LogP contribution in [0.15, 0.2) is 52.1 Å². The lowest BCUT2D eigenvalue weighted by molar-refractivity contribution is 0.0488. The third kappa shape index (κ3) is 2.55. The van der Waals surface area contributed by atoms with E-state index in [2.05, 4.69) is 4.98 Å². The molecule has 23 heavy (non-hydrogen) atoms. The number of rotatable bonds is 2. The van der Waals surface area contributed by atoms with Crippen LogP contribution < -0.4 is 10.9 Å². The molecule has 5 nitrogen and oxygen atoms in total. The zero-order valence-corrected chi connectivity index (χ0v) is 12.7. The number of para-hydroxylation sites is 1. The van der Waals surface area contributed by atoms with Gasteiger partial charge < -0.3 is 10.1 Å². The Kier molecular flexibility index (Phi) is 3.38. The molecule has 0 saturated heterocycles. The van der Waals surface area contributed by atoms with Crippen LogP contribution >= 0.6 is 0 Å². The highest BCUT2D eigenvalue weighted by molar-refractivity contribution is 6.04. The van der Waals surface area contributed by atoms with Gasteiger partial charge in [0.05, 0.1) is 5.39 Å². The van der Waals surface area contributed by atoms with Gasteiger partial charge in [-0.2, -0.15) is 0 Å². The van der Waals surface area contributed by atoms with Crippen molar-refractivity contribution in [2.24, 2.45) is 0 Å². The first-order valence-electron chi connectivity index (χ1n) is 7.15. The highest BCUT2D eigenvalue weighted by atomic mass is 16.3. The van der Waals surface area contributed by atoms with Crippen molar-refractivity contribution in [1.29, 1.82) is 0 Å². The molecule has 0 aliphatic carbocycles. The first-order chi connectivity index (χ1) is 10.8. The van der Waals surface area contributed by atoms with Crippen LogP contribution in [0.2, 0.25) is 0 Å². The van der Waals surface area contributed by atoms with E-state index in [1.54, 1.807) is 30.3 Å². The number of fused-ring (bicyclic) bond motifs is 2. The third-order valence-corrected chi connectivity index (χ3v) is 3.73. The molecule has 0 saturated carbocycles. The largest absolute Gasteiger partial charge is 0.382 e. The Hall–Kier alpha value is -2.79. The van der Waals surface area contributed by atoms with Gasteiger partial charge in [0.2, 0.25) is 10.9 Å². The van der Waals surface area contributed by atoms with Gasteiger partial charge in [-0.1, -0.05) is 12.1 Å². The van der Waals surface area contributed by atoms with Crippen LogP contribution in [-0.4, -0.2) is 21.5 Å². The minimum atomic E-state index is -1.55. The number of aliphatic hydroxyl groups is 1. The fourth-order valence-corrected chi connectivity index (χ4v) is 2.52. The summed E-state index contributed by atoms with van der Waals surface area (Å²) in [5.41, 5.74) is -1.66. The Morgan fingerprint density at radius 1 is 0.957 bits per heavy atom. The number of nitrogens with one attached hydrogen (secondary N) is 1. The molecule has 0 aliphatic heterocycles. The van der Waals surface area contributed by atoms with Crippen LogP contribution in [0.3, 0.4) is 0 Å². The molecule has 0 aliphatic rings. The molecule has 0 radical (unpaired) electrons. The molecular weight excluding hydrogens is 294 g/mol. The predicted octanol–water partition coefficient (Wildman–Crippen LogP) is 2.00. The highest BCUT2D eigenvalue weighted by Gasteiger charge is 2.25. The lowest BCUT2D eigenvalue weighted by Crippen LogP contribution is -2.31. The number of hydrogen-bond acceptors (Lipinski definition) is 4. The smallest absolute Gasteiger partial charge is 0.235 e. The number of carbonyl (C=O) groups is 1. The van der Waals surface area contributed by atoms with Crippen LogP contribution in [0.25, 0.3) is 21.8 Å². The molecular formula is C18H15NO4. The highest BCUT2D eigenvalue weighted by Crippen LogP contribution is 2.17. The number of carbonyl (C=O) groups excluding carboxylic acids is 1. The fraction of sp³-hybridized carbons (Fsp3) is 0.167. The van der Waals surface area contributed by atoms with Crippen molar-refractivity contribution in [2.75, 3.05) is 0 Å². The molecule has 0 amide bonds. The summed E-state index contributed by atoms with van der Waals surface area (Å²) in [6.45, 7) is 2.75. The number of aromatic nitrogens is 1. The molecule has 3 aromatic rings. The number of Topliss-reactive ketones (excluding diaryl/α,β-unsaturated/α-hetero) is 1. The van der Waals surface area contributed by atoms with Crippen molar-refractivity contribution in [3.05, 3.63) is 68.5 Å². The van der Waals surface area contributed by atoms with Gasteiger partial charge in [-0.05, 0) is 44.2 Å². The normalized spacial score (nSPS) is 11.8. The average molecular weight is 309 g/mol. The molecule has 1 heterocycles. The minimum Gasteiger partial charge on any atom is -0.382 e. The molecule has 0 unspecified atom stereocenters. The Morgan fingerprint density at radius 3 is 2.26 bits per heavy atom. The molecule has 1 aromatic heterocycles. The van der Waals surface area contributed by atoms with Gasteiger partial charge in [-0.3, -0.25) is 14.4 Å². The van der Waals surface area contributed by atoms with Crippen molar-refractivity contribution >= 4 is 27.6 Å². The van der Waals surface area contributed by atoms with E-state index in [1.165, 1.54) is 26.0 Å². The van der Waals surface area contributed by atoms with Crippen LogP contribution in [0.4, 0.5) is 0 Å². The van der Waals surface area contributed by atoms with E-state index in [9.17, 15) is 19.5 Å². The molecule has 116 valence electrons. The lowest BCUT2D eigenvalue weighted by Gasteiger charge is -2.15. The summed E-state index contributed by atoms with van der Waals surface area (Å²) in [5, 5.41) is 10.3. The Morgan fingerprint density at radius 2 is 1.57 bits per heavy atom. The number of ketones is 1. The third-order valence-electron chi connectivity index (χ3n) is 3.73. The molecule has 3 rings (SSSR count). The summed E-state index contributed by atoms with van der Waals surface area (Å²) >= 11 is 0. The Bertz CT molecular complexity index is 1060. The molecule has 0 spiro atoms. The summed E-state index contributed by atoms with van der Waals surface area (Å²) < 4.78 is 0. The van der Waals surface area contributed by atoms with E-state index < -0.39 is 22.2 Å². The van der Waals surface area contributed by atoms with Gasteiger partial charge in [0.15, 0.2) is 5.78 Å². The standard InChI is InChI=1S/C18H15NO4/c1-18(2,23)17(22)10-7-8-14-12(9-10)16(21)15(20)11-5-3-4-6-13(11)19-14/h3-9,19,23H,1-2H3. The summed E-state index contributed by atoms with van der Waals surface area (Å²) in [6, 6.07) is 11.2. The second-order valence-electron chi connectivity index (χ2n) is 5.98. The molecule has 5 heteroatoms. The molecule has 0 fully saturated rings. The fourth-order valence-electron chi connectivity index (χ4n) is 2.52. The van der Waals surface area contributed by atoms with Crippen molar-refractivity contribution < 1.29 is 9.90 Å². The maximum absolute atomic E-state index is 12.5. The number of aromatic amines is 1. The van der Waals surface area contributed by atoms with Crippen LogP contribution in [0.5, 0.6) is 0 Å². The average Bonchev–Trinajstić information content (AvgIpc) is 2.62. The van der Waals surface area contributed by atoms with Crippen LogP contribution in [0, 0.1) is 0 Å². The SMILES string of the molecule is CC(C)(O)C(=O)c1ccc2[nH]c3ccccc3c(=O)c(=O)c2c1. The monoisotopic (exact) mass is 309 g/mol. The number of hydrogen-bond donors (Lipinski definition) is 2. The maximum atomic E-state index is 12.5. The second kappa shape index (κ2) is 5.14. The van der Waals surface area contributed by atoms with E-state index >= 15 is 0 Å². The van der Waals surface area contributed by atoms with Gasteiger partial charge >= 0.3 is 0 Å². The number of benzene rings is 2. The van der Waals surface area contributed by atoms with Crippen molar-refractivity contribution in [3.8, 4) is 0 Å². The quantitative estimate of drug-likeness (QED) is 0.560. The van der Waals surface area contributed by atoms with Crippen LogP contribution in [0.1, 0.15) is 24.2 Å². The summed E-state index contributed by atoms with van der Waals surface area (Å²) in [7, 11) is 0. The van der Waals surface area contributed by atoms with Crippen molar-refractivity contribution in [1.82, 2.24) is 4.98 Å². The topological polar surface area (TPSA) is 87.2 Å². The zero-order valence-electron chi connectivity index (χ0n) is 12.7. The number of H-pyrrole nitrogens is 1. The minimum absolute atomic E-state index is 0.126. The molecule has 2 aromatic carbocycles. The Balaban J connectivity index is 2.43. The van der Waals surface area contributed by atoms with E-state index in [4.69, 9.17) is 0 Å². The predicted molar refractivity (Wildman–Crippen MR) is 89.0 cm³/mol. The molecule has 0 atom stereocenters. The second-order valence-corrected chi connectivity index (χ2v) is 5.98. The van der Waals surface area contributed by atoms with Gasteiger partial charge in [0, 0.05) is 22.0 Å². The van der Waals surface area contributed by atoms with Gasteiger partial charge in [0.25, 0.3) is 0 Å². The lowest BCUT2D eigenvalue weighted by atomic mass is 9.96. The Labute approximate surface area is 131 Å². The summed E-state index contributed by atoms with van der Waals surface area (Å²) in [4.78, 5) is 40.0. The van der Waals surface area contributed by atoms with Crippen molar-refractivity contribution in [3.63, 3.8) is 0 Å². The summed E-state index contributed by atoms with van der Waals surface area (Å²) in [5.74, 6) is -0.512. The van der Waals surface area contributed by atoms with E-state index in [0.29, 0.717) is 16.4 Å². The maximum Gasteiger partial charge on any atom is 0.235 e. The zero-order chi connectivity index (χ0) is 16.8. The van der Waals surface area contributed by atoms with Gasteiger partial charge in [-0.25, -0.2) is 0 Å². The first-order valence-corrected chi connectivity index (χ1v) is 7.15. The first kappa shape index (κ1) is 15.1. The van der Waals surface area contributed by atoms with Gasteiger partial charge in [0.1, 0.15) is 5.60 Å². The van der Waals surface area contributed by atoms with Crippen LogP contribution in [-0.2, 0) is 0 Å². The van der Waals surface area contributed by atoms with E-state index in [-0.39, 0.29) is 10.9 Å². The van der Waals surface area contributed by atoms with E-state index in [1.807, 2.05) is 0 Å². The van der Waals surface area contributed by atoms with E-state index in [0.717, 1.165) is 0 Å². The van der Waals surface area contributed by atoms with Crippen molar-refractivity contribution in [2.45, 2.75) is 19.4 Å². The summed E-state index contributed by atoms with van der Waals surface area (Å²) in [6.07, 6.45) is 0. The molecule has 2 N–H and O–H groups in total. The van der Waals surface area contributed by atoms with Gasteiger partial charge in [-0.15, -0.1) is 0 Å².